The Kier molecular flexibility index (Phi) is 8.90. The highest BCUT2D eigenvalue weighted by Crippen LogP contribution is 1.85. The van der Waals surface area contributed by atoms with Gasteiger partial charge in [0.1, 0.15) is 6.54 Å². The number of carboxylic acid groups (broad SMARTS) is 2. The van der Waals surface area contributed by atoms with Crippen LogP contribution in [0.25, 0.3) is 0 Å². The van der Waals surface area contributed by atoms with Crippen molar-refractivity contribution < 1.29 is 24.3 Å². The molecule has 0 aliphatic rings. The molecule has 0 atom stereocenters. The van der Waals surface area contributed by atoms with Crippen molar-refractivity contribution in [2.45, 2.75) is 12.8 Å². The molecule has 6 heteroatoms. The van der Waals surface area contributed by atoms with Crippen LogP contribution in [0, 0.1) is 0 Å². The van der Waals surface area contributed by atoms with Gasteiger partial charge in [0.2, 0.25) is 0 Å². The molecule has 0 aromatic heterocycles. The molecule has 0 unspecified atom stereocenters. The number of rotatable bonds is 5. The molecule has 0 spiro atoms. The molecule has 3 N–H and O–H groups in total. The normalized spacial score (nSPS) is 10.1. The Balaban J connectivity index is 0. The number of quaternary nitrogens is 1. The second-order valence-electron chi connectivity index (χ2n) is 4.11. The van der Waals surface area contributed by atoms with Gasteiger partial charge in [0.15, 0.2) is 0 Å². The molecule has 0 bridgehead atoms. The number of carbonyl (C=O) groups is 2. The Labute approximate surface area is 89.9 Å². The largest absolute Gasteiger partial charge is 0.544 e. The van der Waals surface area contributed by atoms with Crippen LogP contribution in [-0.4, -0.2) is 55.8 Å². The van der Waals surface area contributed by atoms with Crippen molar-refractivity contribution in [1.29, 1.82) is 0 Å². The van der Waals surface area contributed by atoms with Crippen LogP contribution >= 0.6 is 0 Å². The van der Waals surface area contributed by atoms with E-state index in [2.05, 4.69) is 0 Å². The Morgan fingerprint density at radius 1 is 1.33 bits per heavy atom. The van der Waals surface area contributed by atoms with Crippen molar-refractivity contribution in [1.82, 2.24) is 0 Å². The highest BCUT2D eigenvalue weighted by molar-refractivity contribution is 5.66. The molecule has 0 aromatic carbocycles. The summed E-state index contributed by atoms with van der Waals surface area (Å²) in [5.74, 6) is -1.78. The standard InChI is InChI=1S/C5H11NO2.C4H9NO2/c1-6(2,3)4-5(7)8;5-3-1-2-4(6)7/h4H2,1-3H3;1-3,5H2,(H,6,7). The van der Waals surface area contributed by atoms with Crippen molar-refractivity contribution >= 4 is 11.9 Å². The average molecular weight is 220 g/mol. The first-order valence-corrected chi connectivity index (χ1v) is 4.61. The van der Waals surface area contributed by atoms with Crippen molar-refractivity contribution in [2.24, 2.45) is 5.73 Å². The summed E-state index contributed by atoms with van der Waals surface area (Å²) < 4.78 is 0.419. The Hall–Kier alpha value is -1.14. The molecular weight excluding hydrogens is 200 g/mol. The first-order chi connectivity index (χ1) is 6.69. The molecule has 0 aliphatic heterocycles. The molecule has 90 valence electrons. The monoisotopic (exact) mass is 220 g/mol. The summed E-state index contributed by atoms with van der Waals surface area (Å²) in [7, 11) is 5.40. The number of hydrogen-bond donors (Lipinski definition) is 2. The van der Waals surface area contributed by atoms with Crippen LogP contribution < -0.4 is 10.8 Å². The summed E-state index contributed by atoms with van der Waals surface area (Å²) in [6.45, 7) is 0.534. The van der Waals surface area contributed by atoms with E-state index in [9.17, 15) is 14.7 Å². The smallest absolute Gasteiger partial charge is 0.303 e. The van der Waals surface area contributed by atoms with Crippen molar-refractivity contribution in [2.75, 3.05) is 34.2 Å². The topological polar surface area (TPSA) is 103 Å². The SMILES string of the molecule is C[N+](C)(C)CC(=O)[O-].NCCCC(=O)O. The lowest BCUT2D eigenvalue weighted by Crippen LogP contribution is -2.45. The summed E-state index contributed by atoms with van der Waals surface area (Å²) in [5, 5.41) is 17.9. The quantitative estimate of drug-likeness (QED) is 0.535. The van der Waals surface area contributed by atoms with Gasteiger partial charge in [-0.15, -0.1) is 0 Å². The number of nitrogens with two attached hydrogens (primary N) is 1. The molecular formula is C9H20N2O4. The summed E-state index contributed by atoms with van der Waals surface area (Å²) in [4.78, 5) is 19.6. The lowest BCUT2D eigenvalue weighted by Gasteiger charge is -2.23. The first-order valence-electron chi connectivity index (χ1n) is 4.61. The van der Waals surface area contributed by atoms with E-state index in [0.29, 0.717) is 17.4 Å². The zero-order valence-electron chi connectivity index (χ0n) is 9.52. The summed E-state index contributed by atoms with van der Waals surface area (Å²) in [5.41, 5.74) is 5.01. The van der Waals surface area contributed by atoms with E-state index in [4.69, 9.17) is 10.8 Å². The highest BCUT2D eigenvalue weighted by Gasteiger charge is 2.04. The summed E-state index contributed by atoms with van der Waals surface area (Å²) in [6, 6.07) is 0. The molecule has 0 aliphatic carbocycles. The molecule has 0 saturated heterocycles. The molecule has 0 amide bonds. The molecule has 0 heterocycles. The molecule has 15 heavy (non-hydrogen) atoms. The molecule has 0 fully saturated rings. The number of nitrogens with zero attached hydrogens (tertiary/aromatic N) is 1. The van der Waals surface area contributed by atoms with Crippen LogP contribution in [0.4, 0.5) is 0 Å². The zero-order valence-corrected chi connectivity index (χ0v) is 9.52. The van der Waals surface area contributed by atoms with E-state index in [1.807, 2.05) is 0 Å². The predicted octanol–water partition coefficient (Wildman–Crippen LogP) is -1.75. The van der Waals surface area contributed by atoms with E-state index in [1.54, 1.807) is 21.1 Å². The van der Waals surface area contributed by atoms with Gasteiger partial charge in [-0.3, -0.25) is 4.79 Å². The van der Waals surface area contributed by atoms with Gasteiger partial charge in [-0.25, -0.2) is 0 Å². The van der Waals surface area contributed by atoms with Crippen LogP contribution in [-0.2, 0) is 9.59 Å². The summed E-state index contributed by atoms with van der Waals surface area (Å²) in [6.07, 6.45) is 0.770. The van der Waals surface area contributed by atoms with Gasteiger partial charge in [-0.05, 0) is 13.0 Å². The number of carbonyl (C=O) groups excluding carboxylic acids is 1. The van der Waals surface area contributed by atoms with E-state index in [-0.39, 0.29) is 13.0 Å². The number of likely N-dealkylation sites (N-methyl/N-ethyl adjacent to an activating group) is 1. The molecule has 0 radical (unpaired) electrons. The van der Waals surface area contributed by atoms with Gasteiger partial charge in [0.25, 0.3) is 0 Å². The Bertz CT molecular complexity index is 199. The highest BCUT2D eigenvalue weighted by atomic mass is 16.4. The number of carboxylic acids is 2. The van der Waals surface area contributed by atoms with Crippen LogP contribution in [0.2, 0.25) is 0 Å². The maximum absolute atomic E-state index is 9.89. The van der Waals surface area contributed by atoms with Gasteiger partial charge in [-0.2, -0.15) is 0 Å². The minimum Gasteiger partial charge on any atom is -0.544 e. The van der Waals surface area contributed by atoms with Gasteiger partial charge in [0.05, 0.1) is 27.1 Å². The number of hydrogen-bond acceptors (Lipinski definition) is 4. The van der Waals surface area contributed by atoms with E-state index >= 15 is 0 Å². The van der Waals surface area contributed by atoms with Gasteiger partial charge < -0.3 is 25.2 Å². The fourth-order valence-electron chi connectivity index (χ4n) is 0.641. The average Bonchev–Trinajstić information content (AvgIpc) is 1.96. The van der Waals surface area contributed by atoms with Crippen LogP contribution in [0.5, 0.6) is 0 Å². The first kappa shape index (κ1) is 16.3. The number of aliphatic carboxylic acids is 2. The van der Waals surface area contributed by atoms with Crippen molar-refractivity contribution in [3.63, 3.8) is 0 Å². The molecule has 6 nitrogen and oxygen atoms in total. The fourth-order valence-corrected chi connectivity index (χ4v) is 0.641. The van der Waals surface area contributed by atoms with E-state index in [1.165, 1.54) is 0 Å². The summed E-state index contributed by atoms with van der Waals surface area (Å²) >= 11 is 0. The predicted molar refractivity (Wildman–Crippen MR) is 53.8 cm³/mol. The lowest BCUT2D eigenvalue weighted by atomic mass is 10.3. The third-order valence-corrected chi connectivity index (χ3v) is 1.20. The van der Waals surface area contributed by atoms with Crippen LogP contribution in [0.3, 0.4) is 0 Å². The lowest BCUT2D eigenvalue weighted by molar-refractivity contribution is -0.864. The maximum atomic E-state index is 9.89. The van der Waals surface area contributed by atoms with Crippen LogP contribution in [0.1, 0.15) is 12.8 Å². The minimum absolute atomic E-state index is 0.0694. The maximum Gasteiger partial charge on any atom is 0.303 e. The third-order valence-electron chi connectivity index (χ3n) is 1.20. The Morgan fingerprint density at radius 2 is 1.80 bits per heavy atom. The van der Waals surface area contributed by atoms with E-state index < -0.39 is 11.9 Å². The third kappa shape index (κ3) is 24.6. The zero-order chi connectivity index (χ0) is 12.5. The van der Waals surface area contributed by atoms with Crippen molar-refractivity contribution in [3.8, 4) is 0 Å². The van der Waals surface area contributed by atoms with Crippen LogP contribution in [0.15, 0.2) is 0 Å². The Morgan fingerprint density at radius 3 is 1.87 bits per heavy atom. The van der Waals surface area contributed by atoms with Gasteiger partial charge in [0, 0.05) is 6.42 Å². The van der Waals surface area contributed by atoms with E-state index in [0.717, 1.165) is 0 Å². The van der Waals surface area contributed by atoms with Gasteiger partial charge in [-0.1, -0.05) is 0 Å². The molecule has 0 aromatic rings. The minimum atomic E-state index is -1.00. The molecule has 0 rings (SSSR count). The second kappa shape index (κ2) is 8.19. The van der Waals surface area contributed by atoms with Crippen molar-refractivity contribution in [3.05, 3.63) is 0 Å². The fraction of sp³-hybridized carbons (Fsp3) is 0.778. The molecule has 0 saturated carbocycles. The second-order valence-corrected chi connectivity index (χ2v) is 4.11. The van der Waals surface area contributed by atoms with Gasteiger partial charge >= 0.3 is 5.97 Å².